The van der Waals surface area contributed by atoms with Crippen LogP contribution >= 0.6 is 0 Å². The lowest BCUT2D eigenvalue weighted by Gasteiger charge is -2.17. The van der Waals surface area contributed by atoms with Crippen LogP contribution in [0.1, 0.15) is 44.7 Å². The van der Waals surface area contributed by atoms with Crippen molar-refractivity contribution in [2.75, 3.05) is 10.6 Å². The van der Waals surface area contributed by atoms with Crippen LogP contribution in [0.4, 0.5) is 17.5 Å². The van der Waals surface area contributed by atoms with Gasteiger partial charge in [0, 0.05) is 17.9 Å². The Kier molecular flexibility index (Phi) is 4.78. The SMILES string of the molecule is Cc1cccc(C(C)C)c1Nc1ccnc(NC(C)C)n1. The second-order valence-corrected chi connectivity index (χ2v) is 5.88. The minimum absolute atomic E-state index is 0.310. The molecule has 1 aromatic heterocycles. The van der Waals surface area contributed by atoms with Crippen LogP contribution in [0.2, 0.25) is 0 Å². The maximum Gasteiger partial charge on any atom is 0.224 e. The fourth-order valence-electron chi connectivity index (χ4n) is 2.23. The molecular formula is C17H24N4. The summed E-state index contributed by atoms with van der Waals surface area (Å²) in [4.78, 5) is 8.76. The zero-order valence-corrected chi connectivity index (χ0v) is 13.4. The molecule has 0 unspecified atom stereocenters. The molecule has 2 N–H and O–H groups in total. The number of anilines is 3. The third-order valence-corrected chi connectivity index (χ3v) is 3.25. The Morgan fingerprint density at radius 2 is 1.81 bits per heavy atom. The van der Waals surface area contributed by atoms with E-state index in [0.29, 0.717) is 17.9 Å². The van der Waals surface area contributed by atoms with Crippen molar-refractivity contribution in [1.82, 2.24) is 9.97 Å². The second-order valence-electron chi connectivity index (χ2n) is 5.88. The first-order valence-electron chi connectivity index (χ1n) is 7.43. The van der Waals surface area contributed by atoms with Gasteiger partial charge in [0.1, 0.15) is 5.82 Å². The van der Waals surface area contributed by atoms with Crippen molar-refractivity contribution in [2.24, 2.45) is 0 Å². The zero-order chi connectivity index (χ0) is 15.4. The first-order valence-corrected chi connectivity index (χ1v) is 7.43. The largest absolute Gasteiger partial charge is 0.352 e. The van der Waals surface area contributed by atoms with Crippen molar-refractivity contribution in [2.45, 2.75) is 46.6 Å². The van der Waals surface area contributed by atoms with E-state index in [2.05, 4.69) is 73.4 Å². The Balaban J connectivity index is 2.30. The Labute approximate surface area is 127 Å². The zero-order valence-electron chi connectivity index (χ0n) is 13.4. The van der Waals surface area contributed by atoms with Gasteiger partial charge in [-0.25, -0.2) is 4.98 Å². The first kappa shape index (κ1) is 15.3. The molecule has 0 aliphatic heterocycles. The number of aryl methyl sites for hydroxylation is 1. The quantitative estimate of drug-likeness (QED) is 0.850. The molecule has 2 aromatic rings. The highest BCUT2D eigenvalue weighted by atomic mass is 15.1. The maximum absolute atomic E-state index is 4.52. The van der Waals surface area contributed by atoms with Crippen LogP contribution < -0.4 is 10.6 Å². The van der Waals surface area contributed by atoms with Gasteiger partial charge < -0.3 is 10.6 Å². The van der Waals surface area contributed by atoms with E-state index in [9.17, 15) is 0 Å². The Hall–Kier alpha value is -2.10. The van der Waals surface area contributed by atoms with Gasteiger partial charge in [-0.3, -0.25) is 0 Å². The average Bonchev–Trinajstić information content (AvgIpc) is 2.40. The van der Waals surface area contributed by atoms with E-state index in [1.54, 1.807) is 6.20 Å². The topological polar surface area (TPSA) is 49.8 Å². The van der Waals surface area contributed by atoms with Gasteiger partial charge in [-0.2, -0.15) is 4.98 Å². The molecule has 0 amide bonds. The molecule has 4 nitrogen and oxygen atoms in total. The standard InChI is InChI=1S/C17H24N4/c1-11(2)14-8-6-7-13(5)16(14)20-15-9-10-18-17(21-15)19-12(3)4/h6-12H,1-5H3,(H2,18,19,20,21). The summed E-state index contributed by atoms with van der Waals surface area (Å²) in [7, 11) is 0. The lowest BCUT2D eigenvalue weighted by molar-refractivity contribution is 0.866. The second kappa shape index (κ2) is 6.57. The molecule has 4 heteroatoms. The van der Waals surface area contributed by atoms with Crippen molar-refractivity contribution in [1.29, 1.82) is 0 Å². The van der Waals surface area contributed by atoms with Crippen molar-refractivity contribution in [3.05, 3.63) is 41.6 Å². The summed E-state index contributed by atoms with van der Waals surface area (Å²) in [6.45, 7) is 10.7. The van der Waals surface area contributed by atoms with Crippen LogP contribution in [0.15, 0.2) is 30.5 Å². The molecule has 1 heterocycles. The van der Waals surface area contributed by atoms with E-state index >= 15 is 0 Å². The minimum Gasteiger partial charge on any atom is -0.352 e. The van der Waals surface area contributed by atoms with Crippen LogP contribution in [0, 0.1) is 6.92 Å². The Bertz CT molecular complexity index is 605. The summed E-state index contributed by atoms with van der Waals surface area (Å²) in [5.41, 5.74) is 3.66. The Morgan fingerprint density at radius 3 is 2.48 bits per heavy atom. The summed E-state index contributed by atoms with van der Waals surface area (Å²) >= 11 is 0. The van der Waals surface area contributed by atoms with Gasteiger partial charge in [-0.1, -0.05) is 32.0 Å². The van der Waals surface area contributed by atoms with Crippen molar-refractivity contribution >= 4 is 17.5 Å². The number of hydrogen-bond acceptors (Lipinski definition) is 4. The molecule has 0 saturated heterocycles. The summed E-state index contributed by atoms with van der Waals surface area (Å²) < 4.78 is 0. The first-order chi connectivity index (χ1) is 9.97. The van der Waals surface area contributed by atoms with Gasteiger partial charge in [0.2, 0.25) is 5.95 Å². The summed E-state index contributed by atoms with van der Waals surface area (Å²) in [5, 5.41) is 6.67. The molecule has 0 radical (unpaired) electrons. The molecular weight excluding hydrogens is 260 g/mol. The number of nitrogens with zero attached hydrogens (tertiary/aromatic N) is 2. The van der Waals surface area contributed by atoms with Gasteiger partial charge in [-0.05, 0) is 43.9 Å². The van der Waals surface area contributed by atoms with Crippen molar-refractivity contribution in [3.63, 3.8) is 0 Å². The molecule has 1 aromatic carbocycles. The number of benzene rings is 1. The normalized spacial score (nSPS) is 11.0. The van der Waals surface area contributed by atoms with Crippen molar-refractivity contribution < 1.29 is 0 Å². The van der Waals surface area contributed by atoms with Crippen LogP contribution in [0.25, 0.3) is 0 Å². The lowest BCUT2D eigenvalue weighted by atomic mass is 9.98. The molecule has 2 rings (SSSR count). The molecule has 0 aliphatic carbocycles. The van der Waals surface area contributed by atoms with E-state index in [1.807, 2.05) is 6.07 Å². The monoisotopic (exact) mass is 284 g/mol. The number of aromatic nitrogens is 2. The third-order valence-electron chi connectivity index (χ3n) is 3.25. The number of rotatable bonds is 5. The van der Waals surface area contributed by atoms with E-state index < -0.39 is 0 Å². The van der Waals surface area contributed by atoms with Crippen LogP contribution in [0.5, 0.6) is 0 Å². The van der Waals surface area contributed by atoms with Gasteiger partial charge >= 0.3 is 0 Å². The summed E-state index contributed by atoms with van der Waals surface area (Å²) in [5.74, 6) is 1.92. The minimum atomic E-state index is 0.310. The van der Waals surface area contributed by atoms with E-state index in [1.165, 1.54) is 11.1 Å². The maximum atomic E-state index is 4.52. The summed E-state index contributed by atoms with van der Waals surface area (Å²) in [6, 6.07) is 8.57. The average molecular weight is 284 g/mol. The number of para-hydroxylation sites is 1. The smallest absolute Gasteiger partial charge is 0.224 e. The lowest BCUT2D eigenvalue weighted by Crippen LogP contribution is -2.13. The van der Waals surface area contributed by atoms with Crippen LogP contribution in [-0.2, 0) is 0 Å². The predicted molar refractivity (Wildman–Crippen MR) is 89.3 cm³/mol. The molecule has 21 heavy (non-hydrogen) atoms. The van der Waals surface area contributed by atoms with Gasteiger partial charge in [-0.15, -0.1) is 0 Å². The third kappa shape index (κ3) is 3.94. The molecule has 0 aliphatic rings. The number of hydrogen-bond donors (Lipinski definition) is 2. The Morgan fingerprint density at radius 1 is 1.05 bits per heavy atom. The molecule has 0 saturated carbocycles. The van der Waals surface area contributed by atoms with Gasteiger partial charge in [0.15, 0.2) is 0 Å². The molecule has 0 spiro atoms. The molecule has 112 valence electrons. The van der Waals surface area contributed by atoms with Crippen molar-refractivity contribution in [3.8, 4) is 0 Å². The highest BCUT2D eigenvalue weighted by Crippen LogP contribution is 2.29. The highest BCUT2D eigenvalue weighted by Gasteiger charge is 2.10. The fourth-order valence-corrected chi connectivity index (χ4v) is 2.23. The number of nitrogens with one attached hydrogen (secondary N) is 2. The highest BCUT2D eigenvalue weighted by molar-refractivity contribution is 5.65. The predicted octanol–water partition coefficient (Wildman–Crippen LogP) is 4.47. The fraction of sp³-hybridized carbons (Fsp3) is 0.412. The van der Waals surface area contributed by atoms with E-state index in [0.717, 1.165) is 11.5 Å². The van der Waals surface area contributed by atoms with Crippen LogP contribution in [-0.4, -0.2) is 16.0 Å². The van der Waals surface area contributed by atoms with Crippen LogP contribution in [0.3, 0.4) is 0 Å². The van der Waals surface area contributed by atoms with Gasteiger partial charge in [0.05, 0.1) is 0 Å². The van der Waals surface area contributed by atoms with E-state index in [4.69, 9.17) is 0 Å². The molecule has 0 atom stereocenters. The molecule has 0 fully saturated rings. The van der Waals surface area contributed by atoms with E-state index in [-0.39, 0.29) is 0 Å². The van der Waals surface area contributed by atoms with Gasteiger partial charge in [0.25, 0.3) is 0 Å². The summed E-state index contributed by atoms with van der Waals surface area (Å²) in [6.07, 6.45) is 1.77. The molecule has 0 bridgehead atoms.